The summed E-state index contributed by atoms with van der Waals surface area (Å²) in [6.45, 7) is 5.45. The topological polar surface area (TPSA) is 29.9 Å². The summed E-state index contributed by atoms with van der Waals surface area (Å²) in [6.07, 6.45) is 7.47. The molecule has 152 valence electrons. The van der Waals surface area contributed by atoms with Crippen molar-refractivity contribution < 1.29 is 0 Å². The van der Waals surface area contributed by atoms with Crippen LogP contribution in [0.25, 0.3) is 11.0 Å². The minimum Gasteiger partial charge on any atom is -0.325 e. The van der Waals surface area contributed by atoms with Gasteiger partial charge in [-0.25, -0.2) is 4.98 Å². The van der Waals surface area contributed by atoms with Crippen molar-refractivity contribution in [3.8, 4) is 0 Å². The summed E-state index contributed by atoms with van der Waals surface area (Å²) in [6, 6.07) is 14.7. The van der Waals surface area contributed by atoms with Gasteiger partial charge in [0.05, 0.1) is 11.0 Å². The van der Waals surface area contributed by atoms with Crippen LogP contribution in [0.15, 0.2) is 40.9 Å². The molecule has 0 radical (unpaired) electrons. The molecular weight excluding hydrogens is 422 g/mol. The zero-order valence-electron chi connectivity index (χ0n) is 17.4. The quantitative estimate of drug-likeness (QED) is 0.534. The third-order valence-corrected chi connectivity index (χ3v) is 7.46. The third-order valence-electron chi connectivity index (χ3n) is 6.96. The number of aromatic nitrogens is 2. The van der Waals surface area contributed by atoms with E-state index in [9.17, 15) is 0 Å². The zero-order chi connectivity index (χ0) is 20.0. The highest BCUT2D eigenvalue weighted by Gasteiger charge is 2.26. The zero-order valence-corrected chi connectivity index (χ0v) is 19.0. The van der Waals surface area contributed by atoms with E-state index in [1.165, 1.54) is 59.6 Å². The Kier molecular flexibility index (Phi) is 5.25. The average molecular weight is 452 g/mol. The van der Waals surface area contributed by atoms with E-state index in [-0.39, 0.29) is 0 Å². The number of rotatable bonds is 4. The van der Waals surface area contributed by atoms with Gasteiger partial charge in [-0.3, -0.25) is 0 Å². The van der Waals surface area contributed by atoms with Crippen LogP contribution in [0.2, 0.25) is 0 Å². The number of fused-ring (bicyclic) bond motifs is 2. The summed E-state index contributed by atoms with van der Waals surface area (Å²) < 4.78 is 3.71. The fourth-order valence-corrected chi connectivity index (χ4v) is 5.89. The van der Waals surface area contributed by atoms with Crippen molar-refractivity contribution in [3.63, 3.8) is 0 Å². The van der Waals surface area contributed by atoms with Gasteiger partial charge in [0.1, 0.15) is 5.82 Å². The predicted octanol–water partition coefficient (Wildman–Crippen LogP) is 5.90. The molecule has 5 rings (SSSR count). The van der Waals surface area contributed by atoms with Gasteiger partial charge < -0.3 is 9.88 Å². The highest BCUT2D eigenvalue weighted by molar-refractivity contribution is 9.10. The van der Waals surface area contributed by atoms with Crippen molar-refractivity contribution in [3.05, 3.63) is 63.4 Å². The first kappa shape index (κ1) is 19.3. The first-order valence-corrected chi connectivity index (χ1v) is 11.8. The number of aryl methyl sites for hydroxylation is 2. The minimum atomic E-state index is 0.592. The van der Waals surface area contributed by atoms with Gasteiger partial charge in [-0.05, 0) is 106 Å². The van der Waals surface area contributed by atoms with Gasteiger partial charge in [0.15, 0.2) is 0 Å². The van der Waals surface area contributed by atoms with E-state index in [0.29, 0.717) is 12.1 Å². The molecule has 2 aliphatic carbocycles. The second-order valence-electron chi connectivity index (χ2n) is 9.12. The third kappa shape index (κ3) is 3.89. The Balaban J connectivity index is 1.17. The van der Waals surface area contributed by atoms with Gasteiger partial charge in [-0.1, -0.05) is 28.1 Å². The lowest BCUT2D eigenvalue weighted by Gasteiger charge is -2.31. The van der Waals surface area contributed by atoms with Crippen LogP contribution in [0.5, 0.6) is 0 Å². The van der Waals surface area contributed by atoms with Gasteiger partial charge in [-0.2, -0.15) is 0 Å². The maximum atomic E-state index is 4.83. The highest BCUT2D eigenvalue weighted by atomic mass is 79.9. The largest absolute Gasteiger partial charge is 0.325 e. The van der Waals surface area contributed by atoms with Crippen LogP contribution in [0.3, 0.4) is 0 Å². The van der Waals surface area contributed by atoms with Crippen molar-refractivity contribution in [2.45, 2.75) is 64.5 Å². The Morgan fingerprint density at radius 1 is 1.00 bits per heavy atom. The fourth-order valence-electron chi connectivity index (χ4n) is 5.48. The van der Waals surface area contributed by atoms with Crippen LogP contribution in [0.4, 0.5) is 0 Å². The Hall–Kier alpha value is -1.65. The van der Waals surface area contributed by atoms with Crippen LogP contribution in [0.1, 0.15) is 54.2 Å². The molecule has 4 heteroatoms. The van der Waals surface area contributed by atoms with E-state index in [0.717, 1.165) is 23.8 Å². The number of imidazole rings is 1. The summed E-state index contributed by atoms with van der Waals surface area (Å²) in [7, 11) is 0. The number of benzene rings is 2. The van der Waals surface area contributed by atoms with Gasteiger partial charge in [0.25, 0.3) is 0 Å². The molecule has 29 heavy (non-hydrogen) atoms. The van der Waals surface area contributed by atoms with Crippen LogP contribution in [-0.4, -0.2) is 22.1 Å². The van der Waals surface area contributed by atoms with Crippen LogP contribution < -0.4 is 5.32 Å². The normalized spacial score (nSPS) is 24.2. The Morgan fingerprint density at radius 3 is 2.62 bits per heavy atom. The highest BCUT2D eigenvalue weighted by Crippen LogP contribution is 2.34. The first-order chi connectivity index (χ1) is 14.1. The molecule has 0 aliphatic heterocycles. The summed E-state index contributed by atoms with van der Waals surface area (Å²) >= 11 is 3.61. The molecule has 0 unspecified atom stereocenters. The molecule has 3 aromatic rings. The predicted molar refractivity (Wildman–Crippen MR) is 124 cm³/mol. The molecule has 0 spiro atoms. The lowest BCUT2D eigenvalue weighted by atomic mass is 9.90. The minimum absolute atomic E-state index is 0.592. The number of nitrogens with zero attached hydrogens (tertiary/aromatic N) is 2. The molecular formula is C25H30BrN3. The summed E-state index contributed by atoms with van der Waals surface area (Å²) in [5, 5.41) is 3.90. The van der Waals surface area contributed by atoms with Crippen molar-refractivity contribution >= 4 is 27.0 Å². The van der Waals surface area contributed by atoms with Crippen molar-refractivity contribution in [1.29, 1.82) is 0 Å². The van der Waals surface area contributed by atoms with Crippen LogP contribution >= 0.6 is 15.9 Å². The molecule has 1 aromatic heterocycles. The van der Waals surface area contributed by atoms with Crippen molar-refractivity contribution in [1.82, 2.24) is 14.9 Å². The molecule has 3 nitrogen and oxygen atoms in total. The molecule has 1 N–H and O–H groups in total. The monoisotopic (exact) mass is 451 g/mol. The average Bonchev–Trinajstić information content (AvgIpc) is 3.25. The Morgan fingerprint density at radius 2 is 1.79 bits per heavy atom. The molecule has 0 amide bonds. The molecule has 0 saturated heterocycles. The molecule has 1 atom stereocenters. The fraction of sp³-hybridized carbons (Fsp3) is 0.480. The van der Waals surface area contributed by atoms with Gasteiger partial charge in [-0.15, -0.1) is 0 Å². The molecule has 2 aliphatic rings. The molecule has 2 aromatic carbocycles. The molecule has 1 fully saturated rings. The standard InChI is InChI=1S/C25H30BrN3/c1-16-3-10-25-24(11-16)28-17(2)29(25)23-8-6-22(7-9-23)27-15-18-12-19-4-5-21(26)14-20(19)13-18/h3-5,10-11,14,18,22-23,27H,6-9,12-13,15H2,1-2H3/t18-,22?,23?/m0/s1. The summed E-state index contributed by atoms with van der Waals surface area (Å²) in [5.74, 6) is 1.91. The summed E-state index contributed by atoms with van der Waals surface area (Å²) in [5.41, 5.74) is 6.82. The van der Waals surface area contributed by atoms with E-state index in [2.05, 4.69) is 76.1 Å². The number of halogens is 1. The summed E-state index contributed by atoms with van der Waals surface area (Å²) in [4.78, 5) is 4.83. The lowest BCUT2D eigenvalue weighted by molar-refractivity contribution is 0.283. The second kappa shape index (κ2) is 7.88. The number of hydrogen-bond donors (Lipinski definition) is 1. The van der Waals surface area contributed by atoms with Crippen molar-refractivity contribution in [2.75, 3.05) is 6.54 Å². The van der Waals surface area contributed by atoms with Gasteiger partial charge in [0, 0.05) is 16.6 Å². The lowest BCUT2D eigenvalue weighted by Crippen LogP contribution is -2.37. The Labute approximate surface area is 182 Å². The van der Waals surface area contributed by atoms with E-state index >= 15 is 0 Å². The van der Waals surface area contributed by atoms with E-state index < -0.39 is 0 Å². The first-order valence-electron chi connectivity index (χ1n) is 11.0. The maximum Gasteiger partial charge on any atom is 0.106 e. The SMILES string of the molecule is Cc1ccc2c(c1)nc(C)n2C1CCC(NC[C@H]2Cc3ccc(Br)cc3C2)CC1. The van der Waals surface area contributed by atoms with E-state index in [1.807, 2.05) is 0 Å². The maximum absolute atomic E-state index is 4.83. The van der Waals surface area contributed by atoms with Crippen molar-refractivity contribution in [2.24, 2.45) is 5.92 Å². The molecule has 1 heterocycles. The smallest absolute Gasteiger partial charge is 0.106 e. The van der Waals surface area contributed by atoms with Gasteiger partial charge in [0.2, 0.25) is 0 Å². The van der Waals surface area contributed by atoms with Crippen LogP contribution in [0, 0.1) is 19.8 Å². The van der Waals surface area contributed by atoms with Crippen LogP contribution in [-0.2, 0) is 12.8 Å². The number of hydrogen-bond acceptors (Lipinski definition) is 2. The van der Waals surface area contributed by atoms with E-state index in [1.54, 1.807) is 5.56 Å². The van der Waals surface area contributed by atoms with E-state index in [4.69, 9.17) is 4.98 Å². The van der Waals surface area contributed by atoms with Gasteiger partial charge >= 0.3 is 0 Å². The molecule has 1 saturated carbocycles. The number of nitrogens with one attached hydrogen (secondary N) is 1. The Bertz CT molecular complexity index is 1030. The second-order valence-corrected chi connectivity index (χ2v) is 10.0. The molecule has 0 bridgehead atoms.